The molecular formula is C12H16N2O4. The number of nitrogens with one attached hydrogen (secondary N) is 1. The number of amides is 2. The molecule has 0 saturated carbocycles. The van der Waals surface area contributed by atoms with Crippen molar-refractivity contribution < 1.29 is 19.1 Å². The van der Waals surface area contributed by atoms with Gasteiger partial charge in [0.15, 0.2) is 0 Å². The quantitative estimate of drug-likeness (QED) is 0.751. The first kappa shape index (κ1) is 13.8. The fourth-order valence-corrected chi connectivity index (χ4v) is 1.36. The highest BCUT2D eigenvalue weighted by atomic mass is 16.4. The summed E-state index contributed by atoms with van der Waals surface area (Å²) in [7, 11) is 1.56. The Bertz CT molecular complexity index is 414. The highest BCUT2D eigenvalue weighted by Gasteiger charge is 2.20. The molecule has 6 nitrogen and oxygen atoms in total. The van der Waals surface area contributed by atoms with Crippen LogP contribution >= 0.6 is 0 Å². The Morgan fingerprint density at radius 1 is 1.67 bits per heavy atom. The number of rotatable bonds is 6. The molecule has 18 heavy (non-hydrogen) atoms. The third kappa shape index (κ3) is 3.97. The van der Waals surface area contributed by atoms with Crippen molar-refractivity contribution in [3.63, 3.8) is 0 Å². The van der Waals surface area contributed by atoms with Gasteiger partial charge in [0.05, 0.1) is 12.8 Å². The summed E-state index contributed by atoms with van der Waals surface area (Å²) < 4.78 is 5.10. The average molecular weight is 252 g/mol. The van der Waals surface area contributed by atoms with Crippen molar-refractivity contribution in [3.05, 3.63) is 36.8 Å². The van der Waals surface area contributed by atoms with Crippen LogP contribution in [0.4, 0.5) is 4.79 Å². The average Bonchev–Trinajstić information content (AvgIpc) is 2.80. The largest absolute Gasteiger partial charge is 0.480 e. The van der Waals surface area contributed by atoms with Crippen molar-refractivity contribution in [2.75, 3.05) is 7.05 Å². The summed E-state index contributed by atoms with van der Waals surface area (Å²) in [6.07, 6.45) is 3.14. The molecule has 0 fully saturated rings. The first-order valence-corrected chi connectivity index (χ1v) is 5.42. The summed E-state index contributed by atoms with van der Waals surface area (Å²) in [6, 6.07) is 2.02. The summed E-state index contributed by atoms with van der Waals surface area (Å²) in [5, 5.41) is 11.3. The van der Waals surface area contributed by atoms with Gasteiger partial charge in [-0.25, -0.2) is 9.59 Å². The Morgan fingerprint density at radius 3 is 2.89 bits per heavy atom. The van der Waals surface area contributed by atoms with E-state index in [4.69, 9.17) is 9.52 Å². The van der Waals surface area contributed by atoms with Gasteiger partial charge in [-0.2, -0.15) is 0 Å². The number of furan rings is 1. The van der Waals surface area contributed by atoms with E-state index in [0.29, 0.717) is 5.76 Å². The van der Waals surface area contributed by atoms with Crippen molar-refractivity contribution in [1.82, 2.24) is 10.2 Å². The fraction of sp³-hybridized carbons (Fsp3) is 0.333. The smallest absolute Gasteiger partial charge is 0.326 e. The maximum Gasteiger partial charge on any atom is 0.326 e. The van der Waals surface area contributed by atoms with Gasteiger partial charge in [0, 0.05) is 7.05 Å². The van der Waals surface area contributed by atoms with Gasteiger partial charge in [0.2, 0.25) is 0 Å². The highest BCUT2D eigenvalue weighted by molar-refractivity contribution is 5.82. The number of aliphatic carboxylic acids is 1. The second kappa shape index (κ2) is 6.48. The highest BCUT2D eigenvalue weighted by Crippen LogP contribution is 2.04. The molecule has 2 amide bonds. The minimum atomic E-state index is -1.09. The molecule has 1 rings (SSSR count). The van der Waals surface area contributed by atoms with Crippen LogP contribution in [-0.2, 0) is 11.3 Å². The van der Waals surface area contributed by atoms with Crippen LogP contribution < -0.4 is 5.32 Å². The molecule has 0 bridgehead atoms. The van der Waals surface area contributed by atoms with E-state index in [1.54, 1.807) is 19.2 Å². The summed E-state index contributed by atoms with van der Waals surface area (Å²) in [4.78, 5) is 23.9. The van der Waals surface area contributed by atoms with Crippen LogP contribution in [-0.4, -0.2) is 35.1 Å². The van der Waals surface area contributed by atoms with Crippen LogP contribution in [0.15, 0.2) is 35.5 Å². The minimum absolute atomic E-state index is 0.176. The Balaban J connectivity index is 2.52. The standard InChI is InChI=1S/C12H16N2O4/c1-3-5-10(11(15)16)13-12(17)14(2)8-9-6-4-7-18-9/h3-4,6-7,10H,1,5,8H2,2H3,(H,13,17)(H,15,16). The summed E-state index contributed by atoms with van der Waals surface area (Å²) >= 11 is 0. The SMILES string of the molecule is C=CCC(NC(=O)N(C)Cc1ccco1)C(=O)O. The van der Waals surface area contributed by atoms with E-state index < -0.39 is 18.0 Å². The number of hydrogen-bond acceptors (Lipinski definition) is 3. The maximum atomic E-state index is 11.7. The van der Waals surface area contributed by atoms with Gasteiger partial charge in [-0.1, -0.05) is 6.08 Å². The molecule has 1 aromatic heterocycles. The molecule has 2 N–H and O–H groups in total. The van der Waals surface area contributed by atoms with Crippen molar-refractivity contribution in [1.29, 1.82) is 0 Å². The van der Waals surface area contributed by atoms with E-state index in [1.165, 1.54) is 17.2 Å². The molecule has 6 heteroatoms. The lowest BCUT2D eigenvalue weighted by Crippen LogP contribution is -2.46. The summed E-state index contributed by atoms with van der Waals surface area (Å²) in [5.74, 6) is -0.460. The van der Waals surface area contributed by atoms with Crippen molar-refractivity contribution >= 4 is 12.0 Å². The van der Waals surface area contributed by atoms with Gasteiger partial charge in [0.1, 0.15) is 11.8 Å². The molecule has 1 unspecified atom stereocenters. The van der Waals surface area contributed by atoms with E-state index in [1.807, 2.05) is 0 Å². The number of carbonyl (C=O) groups is 2. The van der Waals surface area contributed by atoms with Crippen molar-refractivity contribution in [3.8, 4) is 0 Å². The molecule has 0 spiro atoms. The Hall–Kier alpha value is -2.24. The minimum Gasteiger partial charge on any atom is -0.480 e. The predicted molar refractivity (Wildman–Crippen MR) is 64.9 cm³/mol. The molecule has 1 atom stereocenters. The van der Waals surface area contributed by atoms with Crippen molar-refractivity contribution in [2.45, 2.75) is 19.0 Å². The fourth-order valence-electron chi connectivity index (χ4n) is 1.36. The van der Waals surface area contributed by atoms with E-state index in [2.05, 4.69) is 11.9 Å². The zero-order valence-electron chi connectivity index (χ0n) is 10.1. The number of carboxylic acid groups (broad SMARTS) is 1. The number of carboxylic acids is 1. The maximum absolute atomic E-state index is 11.7. The molecule has 0 aromatic carbocycles. The lowest BCUT2D eigenvalue weighted by atomic mass is 10.2. The van der Waals surface area contributed by atoms with Gasteiger partial charge in [-0.3, -0.25) is 0 Å². The number of nitrogens with zero attached hydrogens (tertiary/aromatic N) is 1. The van der Waals surface area contributed by atoms with Gasteiger partial charge in [0.25, 0.3) is 0 Å². The van der Waals surface area contributed by atoms with Gasteiger partial charge < -0.3 is 19.7 Å². The molecule has 0 aliphatic rings. The van der Waals surface area contributed by atoms with Gasteiger partial charge >= 0.3 is 12.0 Å². The van der Waals surface area contributed by atoms with Crippen LogP contribution in [0, 0.1) is 0 Å². The predicted octanol–water partition coefficient (Wildman–Crippen LogP) is 1.45. The molecule has 98 valence electrons. The van der Waals surface area contributed by atoms with Crippen LogP contribution in [0.1, 0.15) is 12.2 Å². The van der Waals surface area contributed by atoms with E-state index >= 15 is 0 Å². The van der Waals surface area contributed by atoms with Crippen LogP contribution in [0.2, 0.25) is 0 Å². The molecule has 1 aromatic rings. The van der Waals surface area contributed by atoms with Gasteiger partial charge in [-0.05, 0) is 18.6 Å². The molecule has 0 aliphatic carbocycles. The zero-order valence-corrected chi connectivity index (χ0v) is 10.1. The topological polar surface area (TPSA) is 82.8 Å². The van der Waals surface area contributed by atoms with Crippen LogP contribution in [0.5, 0.6) is 0 Å². The number of urea groups is 1. The molecular weight excluding hydrogens is 236 g/mol. The van der Waals surface area contributed by atoms with Crippen LogP contribution in [0.3, 0.4) is 0 Å². The second-order valence-electron chi connectivity index (χ2n) is 3.80. The lowest BCUT2D eigenvalue weighted by molar-refractivity contribution is -0.139. The van der Waals surface area contributed by atoms with E-state index in [0.717, 1.165) is 0 Å². The molecule has 1 heterocycles. The van der Waals surface area contributed by atoms with E-state index in [9.17, 15) is 9.59 Å². The molecule has 0 aliphatic heterocycles. The third-order valence-corrected chi connectivity index (χ3v) is 2.32. The van der Waals surface area contributed by atoms with E-state index in [-0.39, 0.29) is 13.0 Å². The third-order valence-electron chi connectivity index (χ3n) is 2.32. The summed E-state index contributed by atoms with van der Waals surface area (Å²) in [6.45, 7) is 3.73. The molecule has 0 radical (unpaired) electrons. The Morgan fingerprint density at radius 2 is 2.39 bits per heavy atom. The first-order chi connectivity index (χ1) is 8.54. The lowest BCUT2D eigenvalue weighted by Gasteiger charge is -2.19. The monoisotopic (exact) mass is 252 g/mol. The normalized spacial score (nSPS) is 11.6. The Labute approximate surface area is 105 Å². The second-order valence-corrected chi connectivity index (χ2v) is 3.80. The Kier molecular flexibility index (Phi) is 4.98. The number of carbonyl (C=O) groups excluding carboxylic acids is 1. The summed E-state index contributed by atoms with van der Waals surface area (Å²) in [5.41, 5.74) is 0. The van der Waals surface area contributed by atoms with Crippen molar-refractivity contribution in [2.24, 2.45) is 0 Å². The molecule has 0 saturated heterocycles. The number of hydrogen-bond donors (Lipinski definition) is 2. The first-order valence-electron chi connectivity index (χ1n) is 5.42. The van der Waals surface area contributed by atoms with Crippen LogP contribution in [0.25, 0.3) is 0 Å². The van der Waals surface area contributed by atoms with Gasteiger partial charge in [-0.15, -0.1) is 6.58 Å². The zero-order chi connectivity index (χ0) is 13.5.